The summed E-state index contributed by atoms with van der Waals surface area (Å²) in [7, 11) is 3.05. The van der Waals surface area contributed by atoms with Crippen molar-refractivity contribution >= 4 is 69.3 Å². The Kier molecular flexibility index (Phi) is 12.2. The fourth-order valence-electron chi connectivity index (χ4n) is 5.19. The minimum absolute atomic E-state index is 0.0218. The second kappa shape index (κ2) is 17.6. The summed E-state index contributed by atoms with van der Waals surface area (Å²) in [5.41, 5.74) is 3.74. The maximum atomic E-state index is 13.9. The number of methoxy groups -OCH3 is 2. The monoisotopic (exact) mass is 760 g/mol. The molecule has 6 rings (SSSR count). The highest BCUT2D eigenvalue weighted by atomic mass is 35.5. The molecule has 5 aromatic carbocycles. The second-order valence-electron chi connectivity index (χ2n) is 11.4. The third-order valence-corrected chi connectivity index (χ3v) is 10.1. The zero-order valence-electron chi connectivity index (χ0n) is 28.5. The summed E-state index contributed by atoms with van der Waals surface area (Å²) >= 11 is 8.71. The largest absolute Gasteiger partial charge is 0.497 e. The van der Waals surface area contributed by atoms with Crippen molar-refractivity contribution in [3.63, 3.8) is 0 Å². The van der Waals surface area contributed by atoms with Gasteiger partial charge in [0.2, 0.25) is 5.91 Å². The van der Waals surface area contributed by atoms with Gasteiger partial charge in [-0.05, 0) is 72.3 Å². The highest BCUT2D eigenvalue weighted by Gasteiger charge is 2.24. The number of hydrogen-bond acceptors (Lipinski definition) is 8. The number of thiazole rings is 1. The molecule has 0 aliphatic carbocycles. The second-order valence-corrected chi connectivity index (χ2v) is 13.9. The zero-order valence-corrected chi connectivity index (χ0v) is 30.9. The van der Waals surface area contributed by atoms with E-state index in [1.807, 2.05) is 53.9 Å². The number of thioether (sulfide) groups is 1. The van der Waals surface area contributed by atoms with E-state index in [2.05, 4.69) is 20.9 Å². The van der Waals surface area contributed by atoms with Gasteiger partial charge >= 0.3 is 0 Å². The third-order valence-electron chi connectivity index (χ3n) is 7.83. The first kappa shape index (κ1) is 36.9. The van der Waals surface area contributed by atoms with Crippen molar-refractivity contribution in [3.8, 4) is 22.8 Å². The van der Waals surface area contributed by atoms with Gasteiger partial charge in [0.1, 0.15) is 22.4 Å². The van der Waals surface area contributed by atoms with Gasteiger partial charge in [0.25, 0.3) is 11.8 Å². The minimum atomic E-state index is -0.647. The number of ether oxygens (including phenoxy) is 2. The molecule has 53 heavy (non-hydrogen) atoms. The van der Waals surface area contributed by atoms with E-state index in [1.54, 1.807) is 78.9 Å². The minimum Gasteiger partial charge on any atom is -0.497 e. The van der Waals surface area contributed by atoms with Crippen LogP contribution in [0.3, 0.4) is 0 Å². The molecule has 9 nitrogen and oxygen atoms in total. The predicted molar refractivity (Wildman–Crippen MR) is 213 cm³/mol. The Hall–Kier alpha value is -5.88. The Morgan fingerprint density at radius 2 is 1.55 bits per heavy atom. The normalized spacial score (nSPS) is 11.6. The first-order valence-corrected chi connectivity index (χ1v) is 18.4. The van der Waals surface area contributed by atoms with E-state index in [0.717, 1.165) is 21.7 Å². The number of carbonyl (C=O) groups is 3. The van der Waals surface area contributed by atoms with Crippen LogP contribution >= 0.6 is 34.7 Å². The van der Waals surface area contributed by atoms with Crippen LogP contribution in [0.2, 0.25) is 5.02 Å². The van der Waals surface area contributed by atoms with Gasteiger partial charge in [-0.1, -0.05) is 78.3 Å². The average Bonchev–Trinajstić information content (AvgIpc) is 3.65. The van der Waals surface area contributed by atoms with E-state index in [4.69, 9.17) is 21.1 Å². The molecular weight excluding hydrogens is 728 g/mol. The average molecular weight is 761 g/mol. The molecule has 0 bridgehead atoms. The summed E-state index contributed by atoms with van der Waals surface area (Å²) < 4.78 is 10.9. The lowest BCUT2D eigenvalue weighted by atomic mass is 10.1. The molecule has 0 aliphatic heterocycles. The van der Waals surface area contributed by atoms with E-state index in [-0.39, 0.29) is 11.6 Å². The summed E-state index contributed by atoms with van der Waals surface area (Å²) in [5.74, 6) is -0.263. The molecule has 6 aromatic rings. The number of rotatable bonds is 13. The third kappa shape index (κ3) is 9.72. The molecule has 0 radical (unpaired) electrons. The summed E-state index contributed by atoms with van der Waals surface area (Å²) in [6, 6.07) is 37.7. The zero-order chi connectivity index (χ0) is 37.2. The summed E-state index contributed by atoms with van der Waals surface area (Å²) in [6.07, 6.45) is 1.53. The van der Waals surface area contributed by atoms with Crippen LogP contribution in [0.4, 0.5) is 10.8 Å². The Labute approximate surface area is 320 Å². The molecule has 0 spiro atoms. The van der Waals surface area contributed by atoms with Crippen molar-refractivity contribution in [1.29, 1.82) is 0 Å². The molecule has 1 atom stereocenters. The first-order chi connectivity index (χ1) is 25.8. The van der Waals surface area contributed by atoms with Gasteiger partial charge in [-0.25, -0.2) is 4.98 Å². The molecule has 3 N–H and O–H groups in total. The lowest BCUT2D eigenvalue weighted by molar-refractivity contribution is -0.116. The molecule has 1 aromatic heterocycles. The molecular formula is C41H33ClN4O5S2. The fourth-order valence-corrected chi connectivity index (χ4v) is 7.12. The van der Waals surface area contributed by atoms with Gasteiger partial charge in [-0.2, -0.15) is 0 Å². The van der Waals surface area contributed by atoms with E-state index < -0.39 is 17.1 Å². The van der Waals surface area contributed by atoms with Crippen molar-refractivity contribution in [2.75, 3.05) is 24.9 Å². The van der Waals surface area contributed by atoms with Crippen LogP contribution in [0.5, 0.6) is 11.5 Å². The Morgan fingerprint density at radius 3 is 2.26 bits per heavy atom. The topological polar surface area (TPSA) is 119 Å². The van der Waals surface area contributed by atoms with Crippen molar-refractivity contribution in [1.82, 2.24) is 10.3 Å². The summed E-state index contributed by atoms with van der Waals surface area (Å²) in [4.78, 5) is 46.3. The lowest BCUT2D eigenvalue weighted by Crippen LogP contribution is -2.30. The molecule has 1 heterocycles. The lowest BCUT2D eigenvalue weighted by Gasteiger charge is -2.17. The number of amides is 3. The van der Waals surface area contributed by atoms with E-state index >= 15 is 0 Å². The van der Waals surface area contributed by atoms with Gasteiger partial charge in [0, 0.05) is 37.7 Å². The SMILES string of the molecule is COc1ccc(OC)c(/C=C(/NC(=O)c2ccccc2)C(=O)Nc2cccc(SC(C(=O)Nc3nc(-c4ccc(Cl)cc4)cs3)c3ccccc3)c2)c1. The highest BCUT2D eigenvalue weighted by molar-refractivity contribution is 8.00. The van der Waals surface area contributed by atoms with Crippen molar-refractivity contribution in [2.45, 2.75) is 10.1 Å². The van der Waals surface area contributed by atoms with Crippen LogP contribution < -0.4 is 25.4 Å². The van der Waals surface area contributed by atoms with Crippen LogP contribution in [0.25, 0.3) is 17.3 Å². The van der Waals surface area contributed by atoms with Crippen molar-refractivity contribution in [2.24, 2.45) is 0 Å². The van der Waals surface area contributed by atoms with E-state index in [0.29, 0.717) is 38.5 Å². The molecule has 12 heteroatoms. The fraction of sp³-hybridized carbons (Fsp3) is 0.0732. The molecule has 3 amide bonds. The number of carbonyl (C=O) groups excluding carboxylic acids is 3. The molecule has 0 fully saturated rings. The van der Waals surface area contributed by atoms with E-state index in [9.17, 15) is 14.4 Å². The molecule has 1 unspecified atom stereocenters. The predicted octanol–water partition coefficient (Wildman–Crippen LogP) is 9.36. The number of hydrogen-bond donors (Lipinski definition) is 3. The van der Waals surface area contributed by atoms with Crippen molar-refractivity contribution < 1.29 is 23.9 Å². The first-order valence-electron chi connectivity index (χ1n) is 16.2. The van der Waals surface area contributed by atoms with Gasteiger partial charge in [0.05, 0.1) is 19.9 Å². The van der Waals surface area contributed by atoms with Crippen molar-refractivity contribution in [3.05, 3.63) is 160 Å². The van der Waals surface area contributed by atoms with Gasteiger partial charge < -0.3 is 25.4 Å². The highest BCUT2D eigenvalue weighted by Crippen LogP contribution is 2.38. The summed E-state index contributed by atoms with van der Waals surface area (Å²) in [5, 5.41) is 11.0. The molecule has 0 saturated heterocycles. The number of benzene rings is 5. The van der Waals surface area contributed by atoms with Crippen LogP contribution in [0, 0.1) is 0 Å². The van der Waals surface area contributed by atoms with Crippen LogP contribution in [0.1, 0.15) is 26.7 Å². The molecule has 0 saturated carbocycles. The maximum absolute atomic E-state index is 13.9. The smallest absolute Gasteiger partial charge is 0.272 e. The quantitative estimate of drug-likeness (QED) is 0.0793. The van der Waals surface area contributed by atoms with Crippen LogP contribution in [-0.4, -0.2) is 36.9 Å². The van der Waals surface area contributed by atoms with Gasteiger partial charge in [-0.15, -0.1) is 23.1 Å². The Morgan fingerprint density at radius 1 is 0.811 bits per heavy atom. The van der Waals surface area contributed by atoms with Crippen LogP contribution in [-0.2, 0) is 9.59 Å². The molecule has 0 aliphatic rings. The van der Waals surface area contributed by atoms with Gasteiger partial charge in [0.15, 0.2) is 5.13 Å². The van der Waals surface area contributed by atoms with E-state index in [1.165, 1.54) is 43.4 Å². The Bertz CT molecular complexity index is 2250. The number of anilines is 2. The molecule has 266 valence electrons. The van der Waals surface area contributed by atoms with Gasteiger partial charge in [-0.3, -0.25) is 14.4 Å². The number of nitrogens with one attached hydrogen (secondary N) is 3. The maximum Gasteiger partial charge on any atom is 0.272 e. The number of halogens is 1. The Balaban J connectivity index is 1.24. The summed E-state index contributed by atoms with van der Waals surface area (Å²) in [6.45, 7) is 0. The standard InChI is InChI=1S/C41H33ClN4O5S2/c1-50-32-20-21-36(51-2)29(22-32)23-34(44-38(47)28-12-7-4-8-13-28)39(48)43-31-14-9-15-33(24-31)53-37(27-10-5-3-6-11-27)40(49)46-41-45-35(25-52-41)26-16-18-30(42)19-17-26/h3-25,37H,1-2H3,(H,43,48)(H,44,47)(H,45,46,49)/b34-23+. The number of aromatic nitrogens is 1. The number of nitrogens with zero attached hydrogens (tertiary/aromatic N) is 1. The van der Waals surface area contributed by atoms with Crippen LogP contribution in [0.15, 0.2) is 143 Å².